The number of methoxy groups -OCH3 is 1. The Hall–Kier alpha value is -2.69. The molecule has 5 nitrogen and oxygen atoms in total. The second-order valence-electron chi connectivity index (χ2n) is 4.56. The van der Waals surface area contributed by atoms with E-state index < -0.39 is 5.97 Å². The summed E-state index contributed by atoms with van der Waals surface area (Å²) in [5, 5.41) is 11.0. The molecule has 2 N–H and O–H groups in total. The number of carbonyl (C=O) groups is 1. The summed E-state index contributed by atoms with van der Waals surface area (Å²) in [5.74, 6) is -0.593. The van der Waals surface area contributed by atoms with E-state index in [2.05, 4.69) is 0 Å². The summed E-state index contributed by atoms with van der Waals surface area (Å²) in [6.45, 7) is 2.02. The van der Waals surface area contributed by atoms with Crippen LogP contribution in [0.5, 0.6) is 11.5 Å². The largest absolute Gasteiger partial charge is 0.545 e. The fraction of sp³-hybridized carbons (Fsp3) is 0.188. The minimum absolute atomic E-state index is 0.101. The van der Waals surface area contributed by atoms with Gasteiger partial charge in [-0.2, -0.15) is 0 Å². The predicted octanol–water partition coefficient (Wildman–Crippen LogP) is 1.53. The van der Waals surface area contributed by atoms with Gasteiger partial charge in [0.15, 0.2) is 11.5 Å². The van der Waals surface area contributed by atoms with E-state index in [1.54, 1.807) is 6.92 Å². The van der Waals surface area contributed by atoms with E-state index in [4.69, 9.17) is 15.2 Å². The third-order valence-electron chi connectivity index (χ3n) is 3.20. The molecule has 0 saturated carbocycles. The number of carboxylic acid groups (broad SMARTS) is 1. The second-order valence-corrected chi connectivity index (χ2v) is 4.56. The zero-order valence-corrected chi connectivity index (χ0v) is 11.9. The third kappa shape index (κ3) is 3.08. The molecule has 21 heavy (non-hydrogen) atoms. The van der Waals surface area contributed by atoms with Crippen LogP contribution in [0.15, 0.2) is 36.4 Å². The van der Waals surface area contributed by atoms with E-state index in [0.717, 1.165) is 5.56 Å². The van der Waals surface area contributed by atoms with Crippen LogP contribution in [-0.4, -0.2) is 13.1 Å². The number of hydrogen-bond donors (Lipinski definition) is 1. The molecule has 0 aromatic heterocycles. The number of carboxylic acids is 1. The van der Waals surface area contributed by atoms with Crippen molar-refractivity contribution in [2.24, 2.45) is 0 Å². The Balaban J connectivity index is 2.34. The van der Waals surface area contributed by atoms with Crippen molar-refractivity contribution in [2.75, 3.05) is 12.8 Å². The molecule has 0 spiro atoms. The molecule has 0 saturated heterocycles. The molecule has 0 bridgehead atoms. The highest BCUT2D eigenvalue weighted by Gasteiger charge is 2.16. The molecule has 0 fully saturated rings. The number of hydrogen-bond acceptors (Lipinski definition) is 5. The van der Waals surface area contributed by atoms with Crippen molar-refractivity contribution in [1.82, 2.24) is 0 Å². The minimum Gasteiger partial charge on any atom is -0.545 e. The summed E-state index contributed by atoms with van der Waals surface area (Å²) in [6.07, 6.45) is 0. The fourth-order valence-electron chi connectivity index (χ4n) is 2.01. The molecule has 0 heterocycles. The topological polar surface area (TPSA) is 84.6 Å². The molecular weight excluding hydrogens is 270 g/mol. The van der Waals surface area contributed by atoms with Gasteiger partial charge in [-0.15, -0.1) is 0 Å². The SMILES string of the molecule is COc1cc(C(=O)[O-])c(N)c(C)c1OCc1ccccc1. The third-order valence-corrected chi connectivity index (χ3v) is 3.20. The quantitative estimate of drug-likeness (QED) is 0.842. The highest BCUT2D eigenvalue weighted by atomic mass is 16.5. The van der Waals surface area contributed by atoms with Gasteiger partial charge in [0, 0.05) is 16.8 Å². The fourth-order valence-corrected chi connectivity index (χ4v) is 2.01. The van der Waals surface area contributed by atoms with Crippen molar-refractivity contribution in [1.29, 1.82) is 0 Å². The molecular formula is C16H16NO4-. The Morgan fingerprint density at radius 2 is 1.95 bits per heavy atom. The number of rotatable bonds is 5. The lowest BCUT2D eigenvalue weighted by molar-refractivity contribution is -0.254. The van der Waals surface area contributed by atoms with Crippen molar-refractivity contribution in [3.05, 3.63) is 53.1 Å². The van der Waals surface area contributed by atoms with Crippen LogP contribution < -0.4 is 20.3 Å². The molecule has 0 aliphatic heterocycles. The normalized spacial score (nSPS) is 10.2. The molecule has 2 rings (SSSR count). The first kappa shape index (κ1) is 14.7. The maximum atomic E-state index is 11.0. The first-order chi connectivity index (χ1) is 10.0. The van der Waals surface area contributed by atoms with E-state index >= 15 is 0 Å². The monoisotopic (exact) mass is 286 g/mol. The molecule has 2 aromatic rings. The summed E-state index contributed by atoms with van der Waals surface area (Å²) in [6, 6.07) is 10.9. The zero-order valence-electron chi connectivity index (χ0n) is 11.9. The van der Waals surface area contributed by atoms with E-state index in [9.17, 15) is 9.90 Å². The minimum atomic E-state index is -1.34. The summed E-state index contributed by atoms with van der Waals surface area (Å²) in [5.41, 5.74) is 7.35. The van der Waals surface area contributed by atoms with E-state index in [-0.39, 0.29) is 11.3 Å². The van der Waals surface area contributed by atoms with Gasteiger partial charge in [0.1, 0.15) is 6.61 Å². The van der Waals surface area contributed by atoms with Crippen LogP contribution in [0, 0.1) is 6.92 Å². The Morgan fingerprint density at radius 1 is 1.29 bits per heavy atom. The van der Waals surface area contributed by atoms with E-state index in [1.807, 2.05) is 30.3 Å². The summed E-state index contributed by atoms with van der Waals surface area (Å²) < 4.78 is 10.9. The Morgan fingerprint density at radius 3 is 2.52 bits per heavy atom. The van der Waals surface area contributed by atoms with Gasteiger partial charge in [0.05, 0.1) is 13.1 Å². The summed E-state index contributed by atoms with van der Waals surface area (Å²) >= 11 is 0. The number of anilines is 1. The van der Waals surface area contributed by atoms with Crippen LogP contribution in [0.1, 0.15) is 21.5 Å². The van der Waals surface area contributed by atoms with Gasteiger partial charge in [0.2, 0.25) is 0 Å². The van der Waals surface area contributed by atoms with Gasteiger partial charge >= 0.3 is 0 Å². The molecule has 5 heteroatoms. The Bertz CT molecular complexity index is 653. The van der Waals surface area contributed by atoms with Gasteiger partial charge in [-0.05, 0) is 18.6 Å². The molecule has 2 aromatic carbocycles. The lowest BCUT2D eigenvalue weighted by Crippen LogP contribution is -2.24. The van der Waals surface area contributed by atoms with Crippen LogP contribution in [0.25, 0.3) is 0 Å². The number of carbonyl (C=O) groups excluding carboxylic acids is 1. The molecule has 0 unspecified atom stereocenters. The van der Waals surface area contributed by atoms with Crippen LogP contribution >= 0.6 is 0 Å². The van der Waals surface area contributed by atoms with Crippen molar-refractivity contribution in [2.45, 2.75) is 13.5 Å². The van der Waals surface area contributed by atoms with Gasteiger partial charge in [-0.25, -0.2) is 0 Å². The number of ether oxygens (including phenoxy) is 2. The molecule has 0 atom stereocenters. The van der Waals surface area contributed by atoms with Gasteiger partial charge < -0.3 is 25.1 Å². The van der Waals surface area contributed by atoms with Crippen molar-refractivity contribution < 1.29 is 19.4 Å². The second kappa shape index (κ2) is 6.17. The lowest BCUT2D eigenvalue weighted by atomic mass is 10.1. The first-order valence-corrected chi connectivity index (χ1v) is 6.39. The van der Waals surface area contributed by atoms with Gasteiger partial charge in [-0.3, -0.25) is 0 Å². The van der Waals surface area contributed by atoms with E-state index in [0.29, 0.717) is 23.7 Å². The van der Waals surface area contributed by atoms with Crippen LogP contribution in [0.3, 0.4) is 0 Å². The van der Waals surface area contributed by atoms with E-state index in [1.165, 1.54) is 13.2 Å². The smallest absolute Gasteiger partial charge is 0.166 e. The maximum absolute atomic E-state index is 11.0. The zero-order chi connectivity index (χ0) is 15.4. The first-order valence-electron chi connectivity index (χ1n) is 6.39. The average Bonchev–Trinajstić information content (AvgIpc) is 2.49. The van der Waals surface area contributed by atoms with Crippen LogP contribution in [0.2, 0.25) is 0 Å². The van der Waals surface area contributed by atoms with Crippen molar-refractivity contribution >= 4 is 11.7 Å². The summed E-state index contributed by atoms with van der Waals surface area (Å²) in [4.78, 5) is 11.0. The molecule has 0 amide bonds. The maximum Gasteiger partial charge on any atom is 0.166 e. The molecule has 0 aliphatic rings. The predicted molar refractivity (Wildman–Crippen MR) is 77.2 cm³/mol. The van der Waals surface area contributed by atoms with Crippen LogP contribution in [-0.2, 0) is 6.61 Å². The number of nitrogen functional groups attached to an aromatic ring is 1. The van der Waals surface area contributed by atoms with Gasteiger partial charge in [0.25, 0.3) is 0 Å². The van der Waals surface area contributed by atoms with Crippen LogP contribution in [0.4, 0.5) is 5.69 Å². The highest BCUT2D eigenvalue weighted by Crippen LogP contribution is 2.37. The standard InChI is InChI=1S/C16H17NO4/c1-10-14(17)12(16(18)19)8-13(20-2)15(10)21-9-11-6-4-3-5-7-11/h3-8H,9,17H2,1-2H3,(H,18,19)/p-1. The van der Waals surface area contributed by atoms with Gasteiger partial charge in [-0.1, -0.05) is 30.3 Å². The Kier molecular flexibility index (Phi) is 4.33. The summed E-state index contributed by atoms with van der Waals surface area (Å²) in [7, 11) is 1.44. The molecule has 0 aliphatic carbocycles. The Labute approximate surface area is 122 Å². The average molecular weight is 286 g/mol. The molecule has 110 valence electrons. The highest BCUT2D eigenvalue weighted by molar-refractivity contribution is 5.94. The number of nitrogens with two attached hydrogens (primary N) is 1. The number of benzene rings is 2. The molecule has 0 radical (unpaired) electrons. The lowest BCUT2D eigenvalue weighted by Gasteiger charge is -2.18. The van der Waals surface area contributed by atoms with Crippen molar-refractivity contribution in [3.63, 3.8) is 0 Å². The number of aromatic carboxylic acids is 1. The van der Waals surface area contributed by atoms with Crippen molar-refractivity contribution in [3.8, 4) is 11.5 Å².